The molecule has 0 radical (unpaired) electrons. The van der Waals surface area contributed by atoms with E-state index in [4.69, 9.17) is 0 Å². The molecular weight excluding hydrogens is 210 g/mol. The van der Waals surface area contributed by atoms with Crippen LogP contribution < -0.4 is 10.2 Å². The minimum atomic E-state index is 0.355. The molecule has 3 heteroatoms. The van der Waals surface area contributed by atoms with Gasteiger partial charge in [0.25, 0.3) is 0 Å². The fourth-order valence-electron chi connectivity index (χ4n) is 3.12. The highest BCUT2D eigenvalue weighted by Gasteiger charge is 2.42. The number of piperidine rings is 1. The first-order valence-electron chi connectivity index (χ1n) is 6.52. The lowest BCUT2D eigenvalue weighted by molar-refractivity contribution is 0.200. The average molecular weight is 231 g/mol. The molecule has 0 bridgehead atoms. The molecule has 0 amide bonds. The third-order valence-electron chi connectivity index (χ3n) is 4.28. The fourth-order valence-corrected chi connectivity index (χ4v) is 3.12. The van der Waals surface area contributed by atoms with Gasteiger partial charge in [0.05, 0.1) is 12.2 Å². The number of rotatable bonds is 1. The molecule has 2 fully saturated rings. The second-order valence-corrected chi connectivity index (χ2v) is 5.38. The molecule has 92 valence electrons. The van der Waals surface area contributed by atoms with Crippen LogP contribution in [0.15, 0.2) is 30.3 Å². The number of nitrogens with one attached hydrogen (secondary N) is 1. The Hall–Kier alpha value is -1.06. The maximum absolute atomic E-state index is 3.55. The van der Waals surface area contributed by atoms with Gasteiger partial charge >= 0.3 is 0 Å². The first-order valence-corrected chi connectivity index (χ1v) is 6.52. The zero-order valence-electron chi connectivity index (χ0n) is 10.5. The van der Waals surface area contributed by atoms with Crippen molar-refractivity contribution in [1.82, 2.24) is 10.2 Å². The quantitative estimate of drug-likeness (QED) is 0.790. The van der Waals surface area contributed by atoms with Crippen molar-refractivity contribution in [3.05, 3.63) is 30.3 Å². The Morgan fingerprint density at radius 1 is 1.12 bits per heavy atom. The normalized spacial score (nSPS) is 24.4. The molecule has 2 heterocycles. The molecule has 1 spiro atoms. The largest absolute Gasteiger partial charge is 0.352 e. The highest BCUT2D eigenvalue weighted by Crippen LogP contribution is 2.34. The molecule has 1 aromatic carbocycles. The third kappa shape index (κ3) is 1.94. The maximum Gasteiger partial charge on any atom is 0.0689 e. The van der Waals surface area contributed by atoms with Gasteiger partial charge in [0, 0.05) is 25.3 Å². The molecule has 2 aliphatic heterocycles. The lowest BCUT2D eigenvalue weighted by atomic mass is 9.86. The number of benzene rings is 1. The SMILES string of the molecule is CN1CCC2(CC1)CNCN2c1ccccc1. The van der Waals surface area contributed by atoms with E-state index in [9.17, 15) is 0 Å². The van der Waals surface area contributed by atoms with Crippen molar-refractivity contribution >= 4 is 5.69 Å². The van der Waals surface area contributed by atoms with Gasteiger partial charge in [0.1, 0.15) is 0 Å². The minimum absolute atomic E-state index is 0.355. The summed E-state index contributed by atoms with van der Waals surface area (Å²) in [5.74, 6) is 0. The Labute approximate surface area is 103 Å². The summed E-state index contributed by atoms with van der Waals surface area (Å²) in [5.41, 5.74) is 1.72. The Morgan fingerprint density at radius 2 is 1.82 bits per heavy atom. The minimum Gasteiger partial charge on any atom is -0.352 e. The molecule has 3 nitrogen and oxygen atoms in total. The summed E-state index contributed by atoms with van der Waals surface area (Å²) in [6.45, 7) is 4.56. The van der Waals surface area contributed by atoms with Crippen LogP contribution >= 0.6 is 0 Å². The van der Waals surface area contributed by atoms with Gasteiger partial charge in [-0.3, -0.25) is 5.32 Å². The first-order chi connectivity index (χ1) is 8.30. The Bertz CT molecular complexity index is 368. The van der Waals surface area contributed by atoms with Crippen LogP contribution in [-0.2, 0) is 0 Å². The van der Waals surface area contributed by atoms with Crippen molar-refractivity contribution < 1.29 is 0 Å². The van der Waals surface area contributed by atoms with E-state index in [-0.39, 0.29) is 0 Å². The van der Waals surface area contributed by atoms with E-state index in [0.29, 0.717) is 5.54 Å². The van der Waals surface area contributed by atoms with Gasteiger partial charge in [0.2, 0.25) is 0 Å². The highest BCUT2D eigenvalue weighted by atomic mass is 15.4. The lowest BCUT2D eigenvalue weighted by Crippen LogP contribution is -2.53. The van der Waals surface area contributed by atoms with Crippen LogP contribution in [0, 0.1) is 0 Å². The standard InChI is InChI=1S/C14H21N3/c1-16-9-7-14(8-10-16)11-15-12-17(14)13-5-3-2-4-6-13/h2-6,15H,7-12H2,1H3. The van der Waals surface area contributed by atoms with Crippen LogP contribution in [0.4, 0.5) is 5.69 Å². The second kappa shape index (κ2) is 4.31. The summed E-state index contributed by atoms with van der Waals surface area (Å²) in [7, 11) is 2.22. The van der Waals surface area contributed by atoms with Crippen LogP contribution in [0.3, 0.4) is 0 Å². The van der Waals surface area contributed by atoms with E-state index in [2.05, 4.69) is 52.5 Å². The van der Waals surface area contributed by atoms with E-state index < -0.39 is 0 Å². The summed E-state index contributed by atoms with van der Waals surface area (Å²) < 4.78 is 0. The molecular formula is C14H21N3. The second-order valence-electron chi connectivity index (χ2n) is 5.38. The number of anilines is 1. The van der Waals surface area contributed by atoms with Crippen molar-refractivity contribution in [3.8, 4) is 0 Å². The molecule has 0 aromatic heterocycles. The molecule has 1 N–H and O–H groups in total. The zero-order chi connectivity index (χ0) is 11.7. The van der Waals surface area contributed by atoms with Crippen molar-refractivity contribution in [1.29, 1.82) is 0 Å². The summed E-state index contributed by atoms with van der Waals surface area (Å²) in [5, 5.41) is 3.55. The van der Waals surface area contributed by atoms with Gasteiger partial charge in [0.15, 0.2) is 0 Å². The van der Waals surface area contributed by atoms with Crippen LogP contribution in [0.2, 0.25) is 0 Å². The van der Waals surface area contributed by atoms with Crippen LogP contribution in [0.1, 0.15) is 12.8 Å². The number of likely N-dealkylation sites (tertiary alicyclic amines) is 1. The maximum atomic E-state index is 3.55. The summed E-state index contributed by atoms with van der Waals surface area (Å²) >= 11 is 0. The van der Waals surface area contributed by atoms with Crippen molar-refractivity contribution in [2.45, 2.75) is 18.4 Å². The number of hydrogen-bond donors (Lipinski definition) is 1. The van der Waals surface area contributed by atoms with Crippen molar-refractivity contribution in [3.63, 3.8) is 0 Å². The predicted octanol–water partition coefficient (Wildman–Crippen LogP) is 1.52. The van der Waals surface area contributed by atoms with Crippen LogP contribution in [0.5, 0.6) is 0 Å². The van der Waals surface area contributed by atoms with E-state index >= 15 is 0 Å². The van der Waals surface area contributed by atoms with E-state index in [0.717, 1.165) is 13.2 Å². The molecule has 2 aliphatic rings. The van der Waals surface area contributed by atoms with E-state index in [1.54, 1.807) is 0 Å². The van der Waals surface area contributed by atoms with E-state index in [1.807, 2.05) is 0 Å². The number of para-hydroxylation sites is 1. The Balaban J connectivity index is 1.85. The molecule has 1 aromatic rings. The molecule has 0 aliphatic carbocycles. The van der Waals surface area contributed by atoms with Crippen molar-refractivity contribution in [2.75, 3.05) is 38.3 Å². The summed E-state index contributed by atoms with van der Waals surface area (Å²) in [4.78, 5) is 5.01. The molecule has 17 heavy (non-hydrogen) atoms. The van der Waals surface area contributed by atoms with Gasteiger partial charge in [-0.25, -0.2) is 0 Å². The van der Waals surface area contributed by atoms with Gasteiger partial charge in [-0.15, -0.1) is 0 Å². The average Bonchev–Trinajstić information content (AvgIpc) is 2.78. The monoisotopic (exact) mass is 231 g/mol. The molecule has 2 saturated heterocycles. The van der Waals surface area contributed by atoms with E-state index in [1.165, 1.54) is 31.6 Å². The Kier molecular flexibility index (Phi) is 2.81. The smallest absolute Gasteiger partial charge is 0.0689 e. The van der Waals surface area contributed by atoms with Gasteiger partial charge in [-0.2, -0.15) is 0 Å². The molecule has 0 unspecified atom stereocenters. The van der Waals surface area contributed by atoms with Crippen LogP contribution in [0.25, 0.3) is 0 Å². The van der Waals surface area contributed by atoms with Crippen LogP contribution in [-0.4, -0.2) is 43.8 Å². The summed E-state index contributed by atoms with van der Waals surface area (Å²) in [6.07, 6.45) is 2.54. The highest BCUT2D eigenvalue weighted by molar-refractivity contribution is 5.50. The van der Waals surface area contributed by atoms with Crippen molar-refractivity contribution in [2.24, 2.45) is 0 Å². The topological polar surface area (TPSA) is 18.5 Å². The van der Waals surface area contributed by atoms with Gasteiger partial charge in [-0.1, -0.05) is 18.2 Å². The third-order valence-corrected chi connectivity index (χ3v) is 4.28. The summed E-state index contributed by atoms with van der Waals surface area (Å²) in [6, 6.07) is 10.8. The van der Waals surface area contributed by atoms with Gasteiger partial charge < -0.3 is 9.80 Å². The molecule has 0 atom stereocenters. The van der Waals surface area contributed by atoms with Gasteiger partial charge in [-0.05, 0) is 32.0 Å². The molecule has 0 saturated carbocycles. The fraction of sp³-hybridized carbons (Fsp3) is 0.571. The zero-order valence-corrected chi connectivity index (χ0v) is 10.5. The predicted molar refractivity (Wildman–Crippen MR) is 71.3 cm³/mol. The number of hydrogen-bond acceptors (Lipinski definition) is 3. The Morgan fingerprint density at radius 3 is 2.53 bits per heavy atom. The lowest BCUT2D eigenvalue weighted by Gasteiger charge is -2.44. The number of nitrogens with zero attached hydrogens (tertiary/aromatic N) is 2. The first kappa shape index (κ1) is 11.1. The molecule has 3 rings (SSSR count).